The highest BCUT2D eigenvalue weighted by Crippen LogP contribution is 2.13. The van der Waals surface area contributed by atoms with E-state index in [1.54, 1.807) is 0 Å². The van der Waals surface area contributed by atoms with Crippen LogP contribution < -0.4 is 0 Å². The van der Waals surface area contributed by atoms with Gasteiger partial charge >= 0.3 is 0 Å². The fourth-order valence-electron chi connectivity index (χ4n) is 1.44. The molecule has 0 heteroatoms. The van der Waals surface area contributed by atoms with Crippen LogP contribution in [-0.4, -0.2) is 0 Å². The second kappa shape index (κ2) is 8.80. The van der Waals surface area contributed by atoms with Gasteiger partial charge in [-0.1, -0.05) is 29.4 Å². The van der Waals surface area contributed by atoms with Crippen molar-refractivity contribution in [2.75, 3.05) is 0 Å². The van der Waals surface area contributed by atoms with Gasteiger partial charge in [-0.05, 0) is 52.9 Å². The van der Waals surface area contributed by atoms with Crippen molar-refractivity contribution in [3.63, 3.8) is 0 Å². The van der Waals surface area contributed by atoms with E-state index in [2.05, 4.69) is 39.5 Å². The third kappa shape index (κ3) is 7.85. The van der Waals surface area contributed by atoms with Crippen molar-refractivity contribution in [2.24, 2.45) is 0 Å². The van der Waals surface area contributed by atoms with E-state index < -0.39 is 0 Å². The van der Waals surface area contributed by atoms with Crippen LogP contribution in [0.2, 0.25) is 0 Å². The summed E-state index contributed by atoms with van der Waals surface area (Å²) in [6, 6.07) is 0. The Hall–Kier alpha value is -0.780. The van der Waals surface area contributed by atoms with Crippen LogP contribution in [0.15, 0.2) is 36.0 Å². The van der Waals surface area contributed by atoms with Crippen LogP contribution in [0.25, 0.3) is 0 Å². The second-order valence-electron chi connectivity index (χ2n) is 3.97. The second-order valence-corrected chi connectivity index (χ2v) is 3.97. The van der Waals surface area contributed by atoms with Gasteiger partial charge in [0.15, 0.2) is 0 Å². The zero-order valence-corrected chi connectivity index (χ0v) is 9.97. The summed E-state index contributed by atoms with van der Waals surface area (Å²) in [5.74, 6) is 0. The maximum atomic E-state index is 3.77. The van der Waals surface area contributed by atoms with Crippen LogP contribution in [0, 0.1) is 0 Å². The summed E-state index contributed by atoms with van der Waals surface area (Å²) in [5.41, 5.74) is 2.96. The van der Waals surface area contributed by atoms with Crippen molar-refractivity contribution in [3.05, 3.63) is 36.0 Å². The molecule has 0 unspecified atom stereocenters. The Morgan fingerprint density at radius 2 is 1.93 bits per heavy atom. The molecule has 0 aromatic heterocycles. The first-order valence-electron chi connectivity index (χ1n) is 5.59. The molecule has 0 aliphatic rings. The highest BCUT2D eigenvalue weighted by molar-refractivity contribution is 5.04. The van der Waals surface area contributed by atoms with Crippen molar-refractivity contribution in [1.82, 2.24) is 0 Å². The summed E-state index contributed by atoms with van der Waals surface area (Å²) in [5, 5.41) is 0. The molecule has 0 rings (SSSR count). The first kappa shape index (κ1) is 13.2. The molecular formula is C14H24. The molecule has 14 heavy (non-hydrogen) atoms. The fourth-order valence-corrected chi connectivity index (χ4v) is 1.44. The molecule has 0 bridgehead atoms. The smallest absolute Gasteiger partial charge is 0.0142 e. The topological polar surface area (TPSA) is 0 Å². The molecule has 0 spiro atoms. The lowest BCUT2D eigenvalue weighted by molar-refractivity contribution is 0.731. The molecule has 0 aromatic carbocycles. The standard InChI is InChI=1S/C14H24/c1-5-10-14(6-2)12-9-7-8-11-13(3)4/h5-6,11H,1,7-10,12H2,2-4H3. The lowest BCUT2D eigenvalue weighted by Gasteiger charge is -2.02. The van der Waals surface area contributed by atoms with E-state index in [0.29, 0.717) is 0 Å². The lowest BCUT2D eigenvalue weighted by atomic mass is 10.0. The van der Waals surface area contributed by atoms with E-state index >= 15 is 0 Å². The zero-order valence-electron chi connectivity index (χ0n) is 9.97. The molecule has 0 radical (unpaired) electrons. The molecular weight excluding hydrogens is 168 g/mol. The van der Waals surface area contributed by atoms with Gasteiger partial charge in [0.2, 0.25) is 0 Å². The molecule has 0 aliphatic carbocycles. The van der Waals surface area contributed by atoms with Crippen LogP contribution >= 0.6 is 0 Å². The summed E-state index contributed by atoms with van der Waals surface area (Å²) in [6.45, 7) is 10.2. The average molecular weight is 192 g/mol. The van der Waals surface area contributed by atoms with E-state index in [-0.39, 0.29) is 0 Å². The normalized spacial score (nSPS) is 11.2. The van der Waals surface area contributed by atoms with Gasteiger partial charge < -0.3 is 0 Å². The van der Waals surface area contributed by atoms with Crippen LogP contribution in [0.3, 0.4) is 0 Å². The van der Waals surface area contributed by atoms with Gasteiger partial charge in [-0.25, -0.2) is 0 Å². The third-order valence-corrected chi connectivity index (χ3v) is 2.32. The largest absolute Gasteiger partial charge is 0.103 e. The van der Waals surface area contributed by atoms with Gasteiger partial charge in [-0.15, -0.1) is 6.58 Å². The Bertz CT molecular complexity index is 202. The molecule has 0 saturated carbocycles. The molecule has 0 nitrogen and oxygen atoms in total. The van der Waals surface area contributed by atoms with Crippen molar-refractivity contribution in [2.45, 2.75) is 52.9 Å². The monoisotopic (exact) mass is 192 g/mol. The Morgan fingerprint density at radius 1 is 1.21 bits per heavy atom. The molecule has 0 N–H and O–H groups in total. The van der Waals surface area contributed by atoms with Gasteiger partial charge in [0.1, 0.15) is 0 Å². The summed E-state index contributed by atoms with van der Waals surface area (Å²) in [7, 11) is 0. The van der Waals surface area contributed by atoms with Crippen molar-refractivity contribution >= 4 is 0 Å². The third-order valence-electron chi connectivity index (χ3n) is 2.32. The molecule has 0 heterocycles. The molecule has 0 aliphatic heterocycles. The highest BCUT2D eigenvalue weighted by atomic mass is 14.0. The fraction of sp³-hybridized carbons (Fsp3) is 0.571. The molecule has 0 fully saturated rings. The minimum atomic E-state index is 1.05. The first-order valence-corrected chi connectivity index (χ1v) is 5.59. The minimum Gasteiger partial charge on any atom is -0.103 e. The van der Waals surface area contributed by atoms with Crippen LogP contribution in [-0.2, 0) is 0 Å². The predicted molar refractivity (Wildman–Crippen MR) is 66.5 cm³/mol. The van der Waals surface area contributed by atoms with Gasteiger partial charge in [0, 0.05) is 0 Å². The van der Waals surface area contributed by atoms with Crippen molar-refractivity contribution < 1.29 is 0 Å². The first-order chi connectivity index (χ1) is 6.70. The molecule has 0 amide bonds. The van der Waals surface area contributed by atoms with Gasteiger partial charge in [0.05, 0.1) is 0 Å². The van der Waals surface area contributed by atoms with Gasteiger partial charge in [0.25, 0.3) is 0 Å². The van der Waals surface area contributed by atoms with Crippen LogP contribution in [0.4, 0.5) is 0 Å². The van der Waals surface area contributed by atoms with E-state index in [0.717, 1.165) is 6.42 Å². The molecule has 80 valence electrons. The van der Waals surface area contributed by atoms with Gasteiger partial charge in [-0.2, -0.15) is 0 Å². The Labute approximate surface area is 89.4 Å². The quantitative estimate of drug-likeness (QED) is 0.392. The maximum absolute atomic E-state index is 3.77. The van der Waals surface area contributed by atoms with E-state index in [1.165, 1.54) is 36.8 Å². The minimum absolute atomic E-state index is 1.05. The molecule has 0 saturated heterocycles. The summed E-state index contributed by atoms with van der Waals surface area (Å²) >= 11 is 0. The van der Waals surface area contributed by atoms with Crippen LogP contribution in [0.1, 0.15) is 52.9 Å². The van der Waals surface area contributed by atoms with E-state index in [9.17, 15) is 0 Å². The summed E-state index contributed by atoms with van der Waals surface area (Å²) in [4.78, 5) is 0. The zero-order chi connectivity index (χ0) is 10.8. The summed E-state index contributed by atoms with van der Waals surface area (Å²) < 4.78 is 0. The predicted octanol–water partition coefficient (Wildman–Crippen LogP) is 5.04. The maximum Gasteiger partial charge on any atom is -0.0142 e. The molecule has 0 aromatic rings. The number of allylic oxidation sites excluding steroid dienone is 5. The van der Waals surface area contributed by atoms with Crippen molar-refractivity contribution in [3.8, 4) is 0 Å². The number of rotatable bonds is 7. The highest BCUT2D eigenvalue weighted by Gasteiger charge is 1.93. The SMILES string of the molecule is C=CCC(=CC)CCCCC=C(C)C. The van der Waals surface area contributed by atoms with Gasteiger partial charge in [-0.3, -0.25) is 0 Å². The lowest BCUT2D eigenvalue weighted by Crippen LogP contribution is -1.82. The molecule has 0 atom stereocenters. The number of hydrogen-bond donors (Lipinski definition) is 0. The van der Waals surface area contributed by atoms with Crippen molar-refractivity contribution in [1.29, 1.82) is 0 Å². The number of unbranched alkanes of at least 4 members (excludes halogenated alkanes) is 2. The van der Waals surface area contributed by atoms with Crippen LogP contribution in [0.5, 0.6) is 0 Å². The Kier molecular flexibility index (Phi) is 8.31. The van der Waals surface area contributed by atoms with E-state index in [4.69, 9.17) is 0 Å². The Morgan fingerprint density at radius 3 is 2.43 bits per heavy atom. The summed E-state index contributed by atoms with van der Waals surface area (Å²) in [6.07, 6.45) is 12.7. The number of hydrogen-bond acceptors (Lipinski definition) is 0. The Balaban J connectivity index is 3.52. The van der Waals surface area contributed by atoms with E-state index in [1.807, 2.05) is 6.08 Å². The average Bonchev–Trinajstić information content (AvgIpc) is 2.15.